The molecule has 3 N–H and O–H groups in total. The Hall–Kier alpha value is -2.07. The average Bonchev–Trinajstić information content (AvgIpc) is 2.49. The minimum Gasteiger partial charge on any atom is -0.382 e. The third-order valence-corrected chi connectivity index (χ3v) is 3.55. The molecular formula is C15H18N4. The first kappa shape index (κ1) is 12.0. The average molecular weight is 254 g/mol. The van der Waals surface area contributed by atoms with E-state index in [1.54, 1.807) is 6.20 Å². The van der Waals surface area contributed by atoms with E-state index in [-0.39, 0.29) is 0 Å². The van der Waals surface area contributed by atoms with Gasteiger partial charge in [-0.1, -0.05) is 30.3 Å². The standard InChI is InChI=1S/C15H18N4/c16-15-13(7-4-8-18-15)19-10-9-17-11-14(19)12-5-2-1-3-6-12/h1-8,14,17H,9-11H2,(H2,16,18). The fraction of sp³-hybridized carbons (Fsp3) is 0.267. The lowest BCUT2D eigenvalue weighted by molar-refractivity contribution is 0.490. The van der Waals surface area contributed by atoms with Crippen molar-refractivity contribution in [1.82, 2.24) is 10.3 Å². The Balaban J connectivity index is 1.96. The molecule has 0 amide bonds. The molecule has 2 heterocycles. The molecular weight excluding hydrogens is 236 g/mol. The van der Waals surface area contributed by atoms with Crippen LogP contribution in [0.1, 0.15) is 11.6 Å². The van der Waals surface area contributed by atoms with E-state index in [1.165, 1.54) is 5.56 Å². The van der Waals surface area contributed by atoms with Crippen LogP contribution in [-0.2, 0) is 0 Å². The van der Waals surface area contributed by atoms with E-state index in [9.17, 15) is 0 Å². The summed E-state index contributed by atoms with van der Waals surface area (Å²) < 4.78 is 0. The van der Waals surface area contributed by atoms with Gasteiger partial charge in [-0.25, -0.2) is 4.98 Å². The lowest BCUT2D eigenvalue weighted by atomic mass is 10.0. The summed E-state index contributed by atoms with van der Waals surface area (Å²) in [5.41, 5.74) is 8.35. The number of pyridine rings is 1. The molecule has 1 fully saturated rings. The first-order chi connectivity index (χ1) is 9.36. The van der Waals surface area contributed by atoms with Crippen LogP contribution in [-0.4, -0.2) is 24.6 Å². The van der Waals surface area contributed by atoms with E-state index in [0.717, 1.165) is 25.3 Å². The Morgan fingerprint density at radius 3 is 2.79 bits per heavy atom. The Morgan fingerprint density at radius 1 is 1.16 bits per heavy atom. The molecule has 1 unspecified atom stereocenters. The molecule has 98 valence electrons. The van der Waals surface area contributed by atoms with Crippen LogP contribution < -0.4 is 16.0 Å². The number of nitrogens with zero attached hydrogens (tertiary/aromatic N) is 2. The van der Waals surface area contributed by atoms with Crippen LogP contribution in [0.15, 0.2) is 48.7 Å². The molecule has 4 nitrogen and oxygen atoms in total. The topological polar surface area (TPSA) is 54.2 Å². The second-order valence-electron chi connectivity index (χ2n) is 4.73. The van der Waals surface area contributed by atoms with Crippen LogP contribution >= 0.6 is 0 Å². The molecule has 1 saturated heterocycles. The van der Waals surface area contributed by atoms with Crippen molar-refractivity contribution in [2.75, 3.05) is 30.3 Å². The predicted octanol–water partition coefficient (Wildman–Crippen LogP) is 1.81. The van der Waals surface area contributed by atoms with Crippen LogP contribution in [0.2, 0.25) is 0 Å². The zero-order valence-electron chi connectivity index (χ0n) is 10.8. The summed E-state index contributed by atoms with van der Waals surface area (Å²) in [6, 6.07) is 14.8. The molecule has 4 heteroatoms. The van der Waals surface area contributed by atoms with Crippen molar-refractivity contribution in [3.8, 4) is 0 Å². The number of hydrogen-bond acceptors (Lipinski definition) is 4. The largest absolute Gasteiger partial charge is 0.382 e. The molecule has 0 saturated carbocycles. The van der Waals surface area contributed by atoms with Crippen molar-refractivity contribution in [3.05, 3.63) is 54.2 Å². The van der Waals surface area contributed by atoms with Crippen LogP contribution in [0.5, 0.6) is 0 Å². The molecule has 1 aliphatic heterocycles. The summed E-state index contributed by atoms with van der Waals surface area (Å²) in [5, 5.41) is 3.45. The third kappa shape index (κ3) is 2.39. The molecule has 1 atom stereocenters. The Kier molecular flexibility index (Phi) is 3.33. The Morgan fingerprint density at radius 2 is 2.00 bits per heavy atom. The molecule has 2 aromatic rings. The lowest BCUT2D eigenvalue weighted by Crippen LogP contribution is -2.46. The van der Waals surface area contributed by atoms with Crippen molar-refractivity contribution >= 4 is 11.5 Å². The van der Waals surface area contributed by atoms with Crippen LogP contribution in [0.4, 0.5) is 11.5 Å². The van der Waals surface area contributed by atoms with Crippen molar-refractivity contribution in [1.29, 1.82) is 0 Å². The van der Waals surface area contributed by atoms with Gasteiger partial charge in [0.1, 0.15) is 5.82 Å². The summed E-state index contributed by atoms with van der Waals surface area (Å²) in [6.07, 6.45) is 1.73. The molecule has 3 rings (SSSR count). The van der Waals surface area contributed by atoms with Gasteiger partial charge in [-0.2, -0.15) is 0 Å². The molecule has 1 aliphatic rings. The maximum absolute atomic E-state index is 6.02. The van der Waals surface area contributed by atoms with E-state index < -0.39 is 0 Å². The zero-order chi connectivity index (χ0) is 13.1. The van der Waals surface area contributed by atoms with E-state index in [1.807, 2.05) is 18.2 Å². The van der Waals surface area contributed by atoms with E-state index >= 15 is 0 Å². The maximum atomic E-state index is 6.02. The van der Waals surface area contributed by atoms with Crippen LogP contribution in [0.25, 0.3) is 0 Å². The van der Waals surface area contributed by atoms with E-state index in [2.05, 4.69) is 39.5 Å². The van der Waals surface area contributed by atoms with Gasteiger partial charge in [-0.05, 0) is 17.7 Å². The fourth-order valence-corrected chi connectivity index (χ4v) is 2.62. The first-order valence-corrected chi connectivity index (χ1v) is 6.59. The minimum atomic E-state index is 0.307. The number of nitrogen functional groups attached to an aromatic ring is 1. The molecule has 0 bridgehead atoms. The summed E-state index contributed by atoms with van der Waals surface area (Å²) in [7, 11) is 0. The highest BCUT2D eigenvalue weighted by Crippen LogP contribution is 2.30. The van der Waals surface area contributed by atoms with Gasteiger partial charge >= 0.3 is 0 Å². The van der Waals surface area contributed by atoms with Crippen LogP contribution in [0, 0.1) is 0 Å². The van der Waals surface area contributed by atoms with Gasteiger partial charge in [0.15, 0.2) is 0 Å². The SMILES string of the molecule is Nc1ncccc1N1CCNCC1c1ccccc1. The number of piperazine rings is 1. The van der Waals surface area contributed by atoms with Crippen molar-refractivity contribution in [3.63, 3.8) is 0 Å². The van der Waals surface area contributed by atoms with E-state index in [0.29, 0.717) is 11.9 Å². The maximum Gasteiger partial charge on any atom is 0.146 e. The first-order valence-electron chi connectivity index (χ1n) is 6.59. The summed E-state index contributed by atoms with van der Waals surface area (Å²) in [5.74, 6) is 0.602. The number of hydrogen-bond donors (Lipinski definition) is 2. The zero-order valence-corrected chi connectivity index (χ0v) is 10.8. The Labute approximate surface area is 113 Å². The predicted molar refractivity (Wildman–Crippen MR) is 78.0 cm³/mol. The third-order valence-electron chi connectivity index (χ3n) is 3.55. The number of benzene rings is 1. The van der Waals surface area contributed by atoms with Gasteiger partial charge in [0.2, 0.25) is 0 Å². The number of nitrogens with two attached hydrogens (primary N) is 1. The highest BCUT2D eigenvalue weighted by molar-refractivity contribution is 5.64. The minimum absolute atomic E-state index is 0.307. The summed E-state index contributed by atoms with van der Waals surface area (Å²) in [4.78, 5) is 6.54. The summed E-state index contributed by atoms with van der Waals surface area (Å²) in [6.45, 7) is 2.84. The Bertz CT molecular complexity index is 541. The lowest BCUT2D eigenvalue weighted by Gasteiger charge is -2.38. The van der Waals surface area contributed by atoms with Crippen LogP contribution in [0.3, 0.4) is 0 Å². The second-order valence-corrected chi connectivity index (χ2v) is 4.73. The van der Waals surface area contributed by atoms with Gasteiger partial charge in [0.25, 0.3) is 0 Å². The molecule has 1 aromatic heterocycles. The number of aromatic nitrogens is 1. The number of nitrogens with one attached hydrogen (secondary N) is 1. The molecule has 0 aliphatic carbocycles. The van der Waals surface area contributed by atoms with Gasteiger partial charge in [-0.3, -0.25) is 0 Å². The molecule has 0 spiro atoms. The highest BCUT2D eigenvalue weighted by Gasteiger charge is 2.25. The fourth-order valence-electron chi connectivity index (χ4n) is 2.62. The normalized spacial score (nSPS) is 19.4. The van der Waals surface area contributed by atoms with Crippen molar-refractivity contribution < 1.29 is 0 Å². The van der Waals surface area contributed by atoms with Crippen molar-refractivity contribution in [2.45, 2.75) is 6.04 Å². The monoisotopic (exact) mass is 254 g/mol. The smallest absolute Gasteiger partial charge is 0.146 e. The molecule has 1 aromatic carbocycles. The highest BCUT2D eigenvalue weighted by atomic mass is 15.2. The molecule has 19 heavy (non-hydrogen) atoms. The number of anilines is 2. The quantitative estimate of drug-likeness (QED) is 0.858. The molecule has 0 radical (unpaired) electrons. The van der Waals surface area contributed by atoms with Gasteiger partial charge in [0.05, 0.1) is 11.7 Å². The van der Waals surface area contributed by atoms with Crippen molar-refractivity contribution in [2.24, 2.45) is 0 Å². The van der Waals surface area contributed by atoms with E-state index in [4.69, 9.17) is 5.73 Å². The second kappa shape index (κ2) is 5.28. The van der Waals surface area contributed by atoms with Gasteiger partial charge in [0, 0.05) is 25.8 Å². The number of rotatable bonds is 2. The summed E-state index contributed by atoms with van der Waals surface area (Å²) >= 11 is 0. The van der Waals surface area contributed by atoms with Gasteiger partial charge in [-0.15, -0.1) is 0 Å². The van der Waals surface area contributed by atoms with Gasteiger partial charge < -0.3 is 16.0 Å².